The average molecular weight is 352 g/mol. The van der Waals surface area contributed by atoms with Crippen LogP contribution in [0.1, 0.15) is 22.3 Å². The second kappa shape index (κ2) is 6.55. The van der Waals surface area contributed by atoms with Gasteiger partial charge in [-0.3, -0.25) is 4.21 Å². The van der Waals surface area contributed by atoms with Crippen LogP contribution in [0.3, 0.4) is 0 Å². The topological polar surface area (TPSA) is 43.1 Å². The summed E-state index contributed by atoms with van der Waals surface area (Å²) in [6, 6.07) is 12.0. The van der Waals surface area contributed by atoms with Gasteiger partial charge in [0, 0.05) is 32.3 Å². The van der Waals surface area contributed by atoms with Crippen molar-refractivity contribution in [2.24, 2.45) is 0 Å². The number of benzene rings is 2. The highest BCUT2D eigenvalue weighted by atomic mass is 79.9. The monoisotopic (exact) mass is 351 g/mol. The molecule has 0 amide bonds. The van der Waals surface area contributed by atoms with E-state index in [0.29, 0.717) is 17.2 Å². The van der Waals surface area contributed by atoms with E-state index in [9.17, 15) is 4.21 Å². The first-order chi connectivity index (χ1) is 9.45. The summed E-state index contributed by atoms with van der Waals surface area (Å²) in [4.78, 5) is 0. The Balaban J connectivity index is 2.13. The Kier molecular flexibility index (Phi) is 5.00. The number of hydrogen-bond acceptors (Lipinski definition) is 2. The first kappa shape index (κ1) is 15.3. The van der Waals surface area contributed by atoms with Crippen molar-refractivity contribution in [3.63, 3.8) is 0 Å². The van der Waals surface area contributed by atoms with E-state index in [-0.39, 0.29) is 0 Å². The first-order valence-corrected chi connectivity index (χ1v) is 8.69. The molecule has 4 heteroatoms. The third-order valence-electron chi connectivity index (χ3n) is 3.07. The first-order valence-electron chi connectivity index (χ1n) is 6.40. The Labute approximate surface area is 131 Å². The summed E-state index contributed by atoms with van der Waals surface area (Å²) in [6.07, 6.45) is 0. The second-order valence-corrected chi connectivity index (χ2v) is 7.34. The van der Waals surface area contributed by atoms with Crippen molar-refractivity contribution in [3.05, 3.63) is 63.1 Å². The number of aryl methyl sites for hydroxylation is 2. The molecule has 0 aromatic heterocycles. The van der Waals surface area contributed by atoms with Crippen LogP contribution in [-0.2, 0) is 22.3 Å². The van der Waals surface area contributed by atoms with Crippen LogP contribution in [0.15, 0.2) is 40.9 Å². The van der Waals surface area contributed by atoms with E-state index in [0.717, 1.165) is 15.6 Å². The maximum absolute atomic E-state index is 12.3. The van der Waals surface area contributed by atoms with E-state index < -0.39 is 10.8 Å². The summed E-state index contributed by atoms with van der Waals surface area (Å²) in [7, 11) is -0.969. The van der Waals surface area contributed by atoms with Crippen LogP contribution in [0, 0.1) is 13.8 Å². The summed E-state index contributed by atoms with van der Waals surface area (Å²) in [5.41, 5.74) is 11.1. The van der Waals surface area contributed by atoms with Crippen molar-refractivity contribution in [1.29, 1.82) is 0 Å². The molecule has 2 aromatic carbocycles. The Hall–Kier alpha value is -1.13. The van der Waals surface area contributed by atoms with E-state index in [1.165, 1.54) is 11.1 Å². The smallest absolute Gasteiger partial charge is 0.0520 e. The van der Waals surface area contributed by atoms with Crippen LogP contribution in [-0.4, -0.2) is 4.21 Å². The third-order valence-corrected chi connectivity index (χ3v) is 5.08. The molecule has 0 saturated heterocycles. The predicted octanol–water partition coefficient (Wildman–Crippen LogP) is 4.10. The SMILES string of the molecule is Cc1cc(C)cc(CS(=O)Cc2c(N)cccc2Br)c1. The molecule has 0 aliphatic heterocycles. The van der Waals surface area contributed by atoms with Gasteiger partial charge in [-0.25, -0.2) is 0 Å². The van der Waals surface area contributed by atoms with Gasteiger partial charge >= 0.3 is 0 Å². The largest absolute Gasteiger partial charge is 0.398 e. The standard InChI is InChI=1S/C16H18BrNOS/c1-11-6-12(2)8-13(7-11)9-20(19)10-14-15(17)4-3-5-16(14)18/h3-8H,9-10,18H2,1-2H3. The molecule has 2 N–H and O–H groups in total. The maximum Gasteiger partial charge on any atom is 0.0520 e. The molecule has 1 unspecified atom stereocenters. The second-order valence-electron chi connectivity index (χ2n) is 5.03. The fourth-order valence-corrected chi connectivity index (χ4v) is 4.27. The number of rotatable bonds is 4. The number of anilines is 1. The minimum Gasteiger partial charge on any atom is -0.398 e. The zero-order chi connectivity index (χ0) is 14.7. The molecule has 0 radical (unpaired) electrons. The number of nitrogens with two attached hydrogens (primary N) is 1. The van der Waals surface area contributed by atoms with Crippen molar-refractivity contribution in [1.82, 2.24) is 0 Å². The summed E-state index contributed by atoms with van der Waals surface area (Å²) >= 11 is 3.47. The fourth-order valence-electron chi connectivity index (χ4n) is 2.28. The molecule has 0 bridgehead atoms. The highest BCUT2D eigenvalue weighted by molar-refractivity contribution is 9.10. The highest BCUT2D eigenvalue weighted by Gasteiger charge is 2.10. The van der Waals surface area contributed by atoms with Crippen LogP contribution in [0.5, 0.6) is 0 Å². The molecular formula is C16H18BrNOS. The average Bonchev–Trinajstić information content (AvgIpc) is 2.32. The molecular weight excluding hydrogens is 334 g/mol. The fraction of sp³-hybridized carbons (Fsp3) is 0.250. The maximum atomic E-state index is 12.3. The molecule has 1 atom stereocenters. The van der Waals surface area contributed by atoms with Gasteiger partial charge in [-0.15, -0.1) is 0 Å². The van der Waals surface area contributed by atoms with Crippen LogP contribution in [0.2, 0.25) is 0 Å². The molecule has 0 aliphatic rings. The normalized spacial score (nSPS) is 12.3. The molecule has 0 aliphatic carbocycles. The van der Waals surface area contributed by atoms with E-state index in [1.807, 2.05) is 18.2 Å². The number of halogens is 1. The van der Waals surface area contributed by atoms with Crippen LogP contribution < -0.4 is 5.73 Å². The van der Waals surface area contributed by atoms with Gasteiger partial charge in [0.1, 0.15) is 0 Å². The summed E-state index contributed by atoms with van der Waals surface area (Å²) < 4.78 is 13.3. The zero-order valence-electron chi connectivity index (χ0n) is 11.7. The van der Waals surface area contributed by atoms with Crippen molar-refractivity contribution in [3.8, 4) is 0 Å². The minimum atomic E-state index is -0.969. The van der Waals surface area contributed by atoms with Crippen LogP contribution in [0.25, 0.3) is 0 Å². The number of nitrogen functional groups attached to an aromatic ring is 1. The molecule has 2 rings (SSSR count). The summed E-state index contributed by atoms with van der Waals surface area (Å²) in [6.45, 7) is 4.12. The Morgan fingerprint density at radius 2 is 1.75 bits per heavy atom. The Morgan fingerprint density at radius 1 is 1.10 bits per heavy atom. The predicted molar refractivity (Wildman–Crippen MR) is 90.0 cm³/mol. The molecule has 0 saturated carbocycles. The Bertz CT molecular complexity index is 614. The van der Waals surface area contributed by atoms with Gasteiger partial charge in [0.25, 0.3) is 0 Å². The lowest BCUT2D eigenvalue weighted by molar-refractivity contribution is 0.682. The van der Waals surface area contributed by atoms with Crippen molar-refractivity contribution >= 4 is 32.4 Å². The van der Waals surface area contributed by atoms with Gasteiger partial charge < -0.3 is 5.73 Å². The van der Waals surface area contributed by atoms with Crippen molar-refractivity contribution in [2.75, 3.05) is 5.73 Å². The highest BCUT2D eigenvalue weighted by Crippen LogP contribution is 2.24. The van der Waals surface area contributed by atoms with Gasteiger partial charge in [0.05, 0.1) is 5.75 Å². The van der Waals surface area contributed by atoms with Crippen molar-refractivity contribution in [2.45, 2.75) is 25.4 Å². The molecule has 20 heavy (non-hydrogen) atoms. The molecule has 106 valence electrons. The van der Waals surface area contributed by atoms with Crippen LogP contribution in [0.4, 0.5) is 5.69 Å². The summed E-state index contributed by atoms with van der Waals surface area (Å²) in [5.74, 6) is 1.03. The van der Waals surface area contributed by atoms with E-state index in [2.05, 4.69) is 48.0 Å². The zero-order valence-corrected chi connectivity index (χ0v) is 14.1. The third kappa shape index (κ3) is 3.93. The quantitative estimate of drug-likeness (QED) is 0.842. The minimum absolute atomic E-state index is 0.472. The lowest BCUT2D eigenvalue weighted by atomic mass is 10.1. The lowest BCUT2D eigenvalue weighted by Gasteiger charge is -2.09. The van der Waals surface area contributed by atoms with Gasteiger partial charge in [0.2, 0.25) is 0 Å². The summed E-state index contributed by atoms with van der Waals surface area (Å²) in [5, 5.41) is 0. The molecule has 0 spiro atoms. The van der Waals surface area contributed by atoms with E-state index >= 15 is 0 Å². The van der Waals surface area contributed by atoms with Crippen LogP contribution >= 0.6 is 15.9 Å². The lowest BCUT2D eigenvalue weighted by Crippen LogP contribution is -2.03. The van der Waals surface area contributed by atoms with E-state index in [1.54, 1.807) is 0 Å². The Morgan fingerprint density at radius 3 is 2.35 bits per heavy atom. The van der Waals surface area contributed by atoms with Gasteiger partial charge in [-0.1, -0.05) is 51.3 Å². The molecule has 2 nitrogen and oxygen atoms in total. The van der Waals surface area contributed by atoms with Crippen molar-refractivity contribution < 1.29 is 4.21 Å². The number of hydrogen-bond donors (Lipinski definition) is 1. The molecule has 0 heterocycles. The van der Waals surface area contributed by atoms with Gasteiger partial charge in [0.15, 0.2) is 0 Å². The van der Waals surface area contributed by atoms with E-state index in [4.69, 9.17) is 5.73 Å². The van der Waals surface area contributed by atoms with Gasteiger partial charge in [-0.05, 0) is 31.5 Å². The molecule has 2 aromatic rings. The molecule has 0 fully saturated rings. The van der Waals surface area contributed by atoms with Gasteiger partial charge in [-0.2, -0.15) is 0 Å².